The fourth-order valence-electron chi connectivity index (χ4n) is 1.31. The molecule has 0 saturated heterocycles. The van der Waals surface area contributed by atoms with Gasteiger partial charge in [-0.25, -0.2) is 0 Å². The summed E-state index contributed by atoms with van der Waals surface area (Å²) in [4.78, 5) is 23.0. The van der Waals surface area contributed by atoms with Crippen LogP contribution in [0.1, 0.15) is 61.0 Å². The van der Waals surface area contributed by atoms with Crippen LogP contribution in [0, 0.1) is 11.8 Å². The lowest BCUT2D eigenvalue weighted by Crippen LogP contribution is -2.14. The number of hydrogen-bond donors (Lipinski definition) is 0. The first-order valence-electron chi connectivity index (χ1n) is 8.23. The molecule has 0 bridgehead atoms. The number of benzene rings is 1. The first-order chi connectivity index (χ1) is 10.4. The van der Waals surface area contributed by atoms with Gasteiger partial charge in [0.25, 0.3) is 0 Å². The number of Topliss-reactive ketones (excluding diaryl/α,β-unsaturated/α-hetero) is 1. The zero-order valence-corrected chi connectivity index (χ0v) is 15.4. The highest BCUT2D eigenvalue weighted by atomic mass is 16.5. The molecule has 0 N–H and O–H groups in total. The van der Waals surface area contributed by atoms with Gasteiger partial charge in [0.05, 0.1) is 5.92 Å². The monoisotopic (exact) mass is 308 g/mol. The number of hydrogen-bond acceptors (Lipinski definition) is 3. The molecule has 22 heavy (non-hydrogen) atoms. The molecule has 0 spiro atoms. The summed E-state index contributed by atoms with van der Waals surface area (Å²) >= 11 is 0. The lowest BCUT2D eigenvalue weighted by Gasteiger charge is -2.08. The van der Waals surface area contributed by atoms with Gasteiger partial charge >= 0.3 is 5.97 Å². The molecule has 1 rings (SSSR count). The Morgan fingerprint density at radius 1 is 0.864 bits per heavy atom. The van der Waals surface area contributed by atoms with Crippen LogP contribution in [0.3, 0.4) is 0 Å². The second-order valence-corrected chi connectivity index (χ2v) is 5.02. The Kier molecular flexibility index (Phi) is 13.4. The number of carbonyl (C=O) groups excluding carboxylic acids is 2. The predicted molar refractivity (Wildman–Crippen MR) is 93.2 cm³/mol. The van der Waals surface area contributed by atoms with Crippen LogP contribution in [0.2, 0.25) is 0 Å². The molecule has 0 saturated carbocycles. The van der Waals surface area contributed by atoms with Crippen LogP contribution in [0.4, 0.5) is 0 Å². The van der Waals surface area contributed by atoms with Crippen molar-refractivity contribution in [2.45, 2.75) is 61.8 Å². The number of carbonyl (C=O) groups is 2. The Morgan fingerprint density at radius 3 is 1.68 bits per heavy atom. The summed E-state index contributed by atoms with van der Waals surface area (Å²) in [5.74, 6) is 0.382. The van der Waals surface area contributed by atoms with Crippen LogP contribution in [0.5, 0.6) is 5.75 Å². The third kappa shape index (κ3) is 9.32. The number of esters is 1. The van der Waals surface area contributed by atoms with Crippen LogP contribution < -0.4 is 4.74 Å². The molecule has 0 aliphatic carbocycles. The number of ketones is 1. The molecule has 0 aromatic heterocycles. The van der Waals surface area contributed by atoms with E-state index in [0.717, 1.165) is 5.56 Å². The average Bonchev–Trinajstić information content (AvgIpc) is 2.52. The minimum Gasteiger partial charge on any atom is -0.426 e. The van der Waals surface area contributed by atoms with Crippen molar-refractivity contribution in [3.63, 3.8) is 0 Å². The molecule has 0 atom stereocenters. The van der Waals surface area contributed by atoms with Crippen LogP contribution in [-0.4, -0.2) is 11.8 Å². The molecule has 1 aromatic carbocycles. The fourth-order valence-corrected chi connectivity index (χ4v) is 1.31. The predicted octanol–water partition coefficient (Wildman–Crippen LogP) is 5.07. The summed E-state index contributed by atoms with van der Waals surface area (Å²) in [5.41, 5.74) is 0.943. The van der Waals surface area contributed by atoms with E-state index in [1.165, 1.54) is 0 Å². The Balaban J connectivity index is 0. The molecule has 0 aliphatic heterocycles. The van der Waals surface area contributed by atoms with E-state index in [-0.39, 0.29) is 23.6 Å². The molecular weight excluding hydrogens is 276 g/mol. The molecule has 0 aliphatic rings. The van der Waals surface area contributed by atoms with Crippen molar-refractivity contribution in [1.82, 2.24) is 0 Å². The van der Waals surface area contributed by atoms with Gasteiger partial charge in [0.15, 0.2) is 0 Å². The molecule has 0 radical (unpaired) electrons. The maximum absolute atomic E-state index is 11.6. The minimum atomic E-state index is -0.249. The van der Waals surface area contributed by atoms with Gasteiger partial charge in [-0.2, -0.15) is 0 Å². The van der Waals surface area contributed by atoms with Gasteiger partial charge < -0.3 is 4.74 Å². The Hall–Kier alpha value is -1.64. The molecule has 0 heterocycles. The summed E-state index contributed by atoms with van der Waals surface area (Å²) in [6.07, 6.45) is 0.427. The summed E-state index contributed by atoms with van der Waals surface area (Å²) in [7, 11) is 0. The summed E-state index contributed by atoms with van der Waals surface area (Å²) in [6.45, 7) is 15.4. The van der Waals surface area contributed by atoms with E-state index in [2.05, 4.69) is 0 Å². The Morgan fingerprint density at radius 2 is 1.32 bits per heavy atom. The maximum Gasteiger partial charge on any atom is 0.313 e. The summed E-state index contributed by atoms with van der Waals surface area (Å²) in [6, 6.07) is 7.10. The van der Waals surface area contributed by atoms with E-state index in [9.17, 15) is 9.59 Å². The molecular formula is C19H32O3. The van der Waals surface area contributed by atoms with Gasteiger partial charge in [-0.1, -0.05) is 67.5 Å². The van der Waals surface area contributed by atoms with Crippen molar-refractivity contribution in [3.05, 3.63) is 29.8 Å². The van der Waals surface area contributed by atoms with Gasteiger partial charge in [-0.3, -0.25) is 9.59 Å². The normalized spacial score (nSPS) is 9.36. The molecule has 126 valence electrons. The second-order valence-electron chi connectivity index (χ2n) is 5.02. The van der Waals surface area contributed by atoms with Crippen molar-refractivity contribution < 1.29 is 14.3 Å². The van der Waals surface area contributed by atoms with Crippen molar-refractivity contribution in [2.75, 3.05) is 0 Å². The van der Waals surface area contributed by atoms with E-state index < -0.39 is 0 Å². The zero-order chi connectivity index (χ0) is 17.7. The van der Waals surface area contributed by atoms with Crippen LogP contribution >= 0.6 is 0 Å². The third-order valence-corrected chi connectivity index (χ3v) is 2.64. The number of ether oxygens (including phenoxy) is 1. The number of rotatable bonds is 5. The van der Waals surface area contributed by atoms with Crippen LogP contribution in [0.15, 0.2) is 24.3 Å². The van der Waals surface area contributed by atoms with Gasteiger partial charge in [0, 0.05) is 12.3 Å². The highest BCUT2D eigenvalue weighted by molar-refractivity contribution is 5.82. The van der Waals surface area contributed by atoms with E-state index in [0.29, 0.717) is 12.2 Å². The summed E-state index contributed by atoms with van der Waals surface area (Å²) < 4.78 is 5.16. The van der Waals surface area contributed by atoms with Gasteiger partial charge in [-0.15, -0.1) is 0 Å². The van der Waals surface area contributed by atoms with E-state index in [1.54, 1.807) is 26.0 Å². The van der Waals surface area contributed by atoms with Gasteiger partial charge in [0.2, 0.25) is 0 Å². The van der Waals surface area contributed by atoms with Gasteiger partial charge in [0.1, 0.15) is 11.5 Å². The van der Waals surface area contributed by atoms with Crippen molar-refractivity contribution in [1.29, 1.82) is 0 Å². The lowest BCUT2D eigenvalue weighted by molar-refractivity contribution is -0.137. The van der Waals surface area contributed by atoms with E-state index in [1.807, 2.05) is 53.7 Å². The molecule has 1 aromatic rings. The second kappa shape index (κ2) is 13.1. The largest absolute Gasteiger partial charge is 0.426 e. The molecule has 0 amide bonds. The van der Waals surface area contributed by atoms with E-state index >= 15 is 0 Å². The Labute approximate surface area is 136 Å². The highest BCUT2D eigenvalue weighted by Gasteiger charge is 2.11. The van der Waals surface area contributed by atoms with Crippen molar-refractivity contribution >= 4 is 11.8 Å². The minimum absolute atomic E-state index is 0.0449. The maximum atomic E-state index is 11.6. The SMILES string of the molecule is CC.CC.CC(C)C(=O)Cc1ccc(OC(=O)C(C)C)cc1. The van der Waals surface area contributed by atoms with Gasteiger partial charge in [-0.05, 0) is 17.7 Å². The third-order valence-electron chi connectivity index (χ3n) is 2.64. The first kappa shape index (κ1) is 22.6. The molecule has 0 fully saturated rings. The standard InChI is InChI=1S/C15H20O3.2C2H6/c1-10(2)14(16)9-12-5-7-13(8-6-12)18-15(17)11(3)4;2*1-2/h5-8,10-11H,9H2,1-4H3;2*1-2H3. The highest BCUT2D eigenvalue weighted by Crippen LogP contribution is 2.15. The smallest absolute Gasteiger partial charge is 0.313 e. The van der Waals surface area contributed by atoms with Crippen LogP contribution in [0.25, 0.3) is 0 Å². The first-order valence-corrected chi connectivity index (χ1v) is 8.23. The zero-order valence-electron chi connectivity index (χ0n) is 15.4. The fraction of sp³-hybridized carbons (Fsp3) is 0.579. The lowest BCUT2D eigenvalue weighted by atomic mass is 10.0. The Bertz CT molecular complexity index is 376. The topological polar surface area (TPSA) is 43.4 Å². The van der Waals surface area contributed by atoms with Crippen molar-refractivity contribution in [2.24, 2.45) is 11.8 Å². The van der Waals surface area contributed by atoms with Crippen molar-refractivity contribution in [3.8, 4) is 5.75 Å². The average molecular weight is 308 g/mol. The van der Waals surface area contributed by atoms with Crippen LogP contribution in [-0.2, 0) is 16.0 Å². The molecule has 0 unspecified atom stereocenters. The molecule has 3 heteroatoms. The van der Waals surface area contributed by atoms with E-state index in [4.69, 9.17) is 4.74 Å². The quantitative estimate of drug-likeness (QED) is 0.563. The summed E-state index contributed by atoms with van der Waals surface area (Å²) in [5, 5.41) is 0. The molecule has 3 nitrogen and oxygen atoms in total.